The number of alkyl halides is 3. The van der Waals surface area contributed by atoms with Crippen molar-refractivity contribution in [3.63, 3.8) is 0 Å². The highest BCUT2D eigenvalue weighted by atomic mass is 79.9. The van der Waals surface area contributed by atoms with Crippen LogP contribution in [-0.2, 0) is 5.33 Å². The molecule has 6 heteroatoms. The first-order valence-electron chi connectivity index (χ1n) is 4.09. The molecule has 0 aliphatic heterocycles. The molecule has 1 aromatic heterocycles. The van der Waals surface area contributed by atoms with Gasteiger partial charge in [0.15, 0.2) is 11.5 Å². The van der Waals surface area contributed by atoms with Crippen LogP contribution in [0.1, 0.15) is 17.7 Å². The Bertz CT molecular complexity index is 347. The van der Waals surface area contributed by atoms with Crippen LogP contribution in [0.15, 0.2) is 6.20 Å². The molecule has 0 unspecified atom stereocenters. The third-order valence-electron chi connectivity index (χ3n) is 1.89. The summed E-state index contributed by atoms with van der Waals surface area (Å²) in [5.41, 5.74) is 0.0244. The summed E-state index contributed by atoms with van der Waals surface area (Å²) in [4.78, 5) is 3.64. The highest BCUT2D eigenvalue weighted by molar-refractivity contribution is 9.08. The van der Waals surface area contributed by atoms with E-state index in [4.69, 9.17) is 9.47 Å². The fraction of sp³-hybridized carbons (Fsp3) is 0.444. The maximum atomic E-state index is 12.6. The van der Waals surface area contributed by atoms with Gasteiger partial charge in [0.25, 0.3) is 6.43 Å². The van der Waals surface area contributed by atoms with E-state index in [-0.39, 0.29) is 11.0 Å². The number of hydrogen-bond acceptors (Lipinski definition) is 3. The third kappa shape index (κ3) is 2.37. The van der Waals surface area contributed by atoms with E-state index in [1.807, 2.05) is 0 Å². The lowest BCUT2D eigenvalue weighted by molar-refractivity contribution is 0.144. The van der Waals surface area contributed by atoms with Gasteiger partial charge in [0, 0.05) is 10.9 Å². The van der Waals surface area contributed by atoms with Crippen LogP contribution in [0.2, 0.25) is 0 Å². The molecule has 0 amide bonds. The largest absolute Gasteiger partial charge is 0.492 e. The Labute approximate surface area is 94.5 Å². The molecule has 0 spiro atoms. The number of pyridine rings is 1. The molecule has 0 aromatic carbocycles. The van der Waals surface area contributed by atoms with Crippen molar-refractivity contribution >= 4 is 15.9 Å². The fourth-order valence-corrected chi connectivity index (χ4v) is 1.76. The summed E-state index contributed by atoms with van der Waals surface area (Å²) in [7, 11) is 2.83. The molecule has 1 heterocycles. The van der Waals surface area contributed by atoms with Crippen LogP contribution in [-0.4, -0.2) is 19.2 Å². The van der Waals surface area contributed by atoms with Gasteiger partial charge in [-0.3, -0.25) is 4.98 Å². The summed E-state index contributed by atoms with van der Waals surface area (Å²) in [5.74, 6) is 0.635. The minimum atomic E-state index is -2.63. The van der Waals surface area contributed by atoms with Crippen molar-refractivity contribution in [1.82, 2.24) is 4.98 Å². The van der Waals surface area contributed by atoms with Gasteiger partial charge in [-0.15, -0.1) is 0 Å². The smallest absolute Gasteiger partial charge is 0.280 e. The van der Waals surface area contributed by atoms with E-state index in [2.05, 4.69) is 20.9 Å². The van der Waals surface area contributed by atoms with Crippen LogP contribution < -0.4 is 9.47 Å². The van der Waals surface area contributed by atoms with Gasteiger partial charge in [-0.25, -0.2) is 8.78 Å². The molecule has 1 rings (SSSR count). The third-order valence-corrected chi connectivity index (χ3v) is 2.45. The first kappa shape index (κ1) is 12.2. The van der Waals surface area contributed by atoms with Gasteiger partial charge in [-0.2, -0.15) is 0 Å². The van der Waals surface area contributed by atoms with Crippen LogP contribution >= 0.6 is 15.9 Å². The predicted molar refractivity (Wildman–Crippen MR) is 54.9 cm³/mol. The van der Waals surface area contributed by atoms with Crippen molar-refractivity contribution in [2.75, 3.05) is 14.2 Å². The molecule has 0 radical (unpaired) electrons. The van der Waals surface area contributed by atoms with Gasteiger partial charge < -0.3 is 9.47 Å². The normalized spacial score (nSPS) is 10.5. The van der Waals surface area contributed by atoms with Crippen LogP contribution in [0.5, 0.6) is 11.5 Å². The molecular weight excluding hydrogens is 272 g/mol. The molecule has 0 atom stereocenters. The summed E-state index contributed by atoms with van der Waals surface area (Å²) in [6.45, 7) is 0. The van der Waals surface area contributed by atoms with Crippen molar-refractivity contribution < 1.29 is 18.3 Å². The summed E-state index contributed by atoms with van der Waals surface area (Å²) in [6, 6.07) is 0. The summed E-state index contributed by atoms with van der Waals surface area (Å²) < 4.78 is 35.2. The number of rotatable bonds is 4. The van der Waals surface area contributed by atoms with Crippen molar-refractivity contribution in [3.8, 4) is 11.5 Å². The lowest BCUT2D eigenvalue weighted by Crippen LogP contribution is -2.02. The highest BCUT2D eigenvalue weighted by Crippen LogP contribution is 2.36. The topological polar surface area (TPSA) is 31.4 Å². The number of aromatic nitrogens is 1. The van der Waals surface area contributed by atoms with Crippen molar-refractivity contribution in [2.24, 2.45) is 0 Å². The van der Waals surface area contributed by atoms with Gasteiger partial charge in [0.05, 0.1) is 20.4 Å². The number of methoxy groups -OCH3 is 2. The van der Waals surface area contributed by atoms with E-state index >= 15 is 0 Å². The second-order valence-corrected chi connectivity index (χ2v) is 3.22. The monoisotopic (exact) mass is 281 g/mol. The number of hydrogen-bond donors (Lipinski definition) is 0. The quantitative estimate of drug-likeness (QED) is 0.796. The SMILES string of the molecule is COc1cnc(C(F)F)c(CBr)c1OC. The zero-order valence-electron chi connectivity index (χ0n) is 8.26. The Hall–Kier alpha value is -0.910. The van der Waals surface area contributed by atoms with Gasteiger partial charge in [-0.1, -0.05) is 15.9 Å². The Kier molecular flexibility index (Phi) is 4.26. The van der Waals surface area contributed by atoms with E-state index in [1.165, 1.54) is 20.4 Å². The average Bonchev–Trinajstić information content (AvgIpc) is 2.26. The zero-order chi connectivity index (χ0) is 11.4. The molecule has 0 aliphatic rings. The van der Waals surface area contributed by atoms with Crippen molar-refractivity contribution in [2.45, 2.75) is 11.8 Å². The first-order valence-corrected chi connectivity index (χ1v) is 5.21. The van der Waals surface area contributed by atoms with Gasteiger partial charge in [0.2, 0.25) is 0 Å². The van der Waals surface area contributed by atoms with E-state index in [0.717, 1.165) is 0 Å². The second kappa shape index (κ2) is 5.25. The Morgan fingerprint density at radius 1 is 1.40 bits per heavy atom. The number of nitrogens with zero attached hydrogens (tertiary/aromatic N) is 1. The van der Waals surface area contributed by atoms with Crippen molar-refractivity contribution in [3.05, 3.63) is 17.5 Å². The molecule has 15 heavy (non-hydrogen) atoms. The average molecular weight is 282 g/mol. The van der Waals surface area contributed by atoms with Crippen LogP contribution in [0.3, 0.4) is 0 Å². The lowest BCUT2D eigenvalue weighted by Gasteiger charge is -2.13. The molecule has 0 fully saturated rings. The molecule has 0 aliphatic carbocycles. The Balaban J connectivity index is 3.34. The molecular formula is C9H10BrF2NO2. The molecule has 0 N–H and O–H groups in total. The standard InChI is InChI=1S/C9H10BrF2NO2/c1-14-6-4-13-7(9(11)12)5(3-10)8(6)15-2/h4,9H,3H2,1-2H3. The number of ether oxygens (including phenoxy) is 2. The lowest BCUT2D eigenvalue weighted by atomic mass is 10.2. The summed E-state index contributed by atoms with van der Waals surface area (Å²) in [5, 5.41) is 0.236. The molecule has 0 saturated heterocycles. The summed E-state index contributed by atoms with van der Waals surface area (Å²) >= 11 is 3.12. The molecule has 0 saturated carbocycles. The molecule has 0 bridgehead atoms. The van der Waals surface area contributed by atoms with Gasteiger partial charge in [-0.05, 0) is 0 Å². The van der Waals surface area contributed by atoms with Crippen LogP contribution in [0.4, 0.5) is 8.78 Å². The van der Waals surface area contributed by atoms with E-state index in [0.29, 0.717) is 17.1 Å². The molecule has 3 nitrogen and oxygen atoms in total. The predicted octanol–water partition coefficient (Wildman–Crippen LogP) is 2.93. The number of halogens is 3. The Morgan fingerprint density at radius 3 is 2.47 bits per heavy atom. The van der Waals surface area contributed by atoms with E-state index in [9.17, 15) is 8.78 Å². The molecule has 1 aromatic rings. The van der Waals surface area contributed by atoms with Crippen molar-refractivity contribution in [1.29, 1.82) is 0 Å². The summed E-state index contributed by atoms with van der Waals surface area (Å²) in [6.07, 6.45) is -1.40. The van der Waals surface area contributed by atoms with Crippen LogP contribution in [0, 0.1) is 0 Å². The zero-order valence-corrected chi connectivity index (χ0v) is 9.85. The first-order chi connectivity index (χ1) is 7.15. The minimum Gasteiger partial charge on any atom is -0.492 e. The second-order valence-electron chi connectivity index (χ2n) is 2.66. The Morgan fingerprint density at radius 2 is 2.07 bits per heavy atom. The highest BCUT2D eigenvalue weighted by Gasteiger charge is 2.21. The minimum absolute atomic E-state index is 0.236. The van der Waals surface area contributed by atoms with Gasteiger partial charge >= 0.3 is 0 Å². The maximum Gasteiger partial charge on any atom is 0.280 e. The van der Waals surface area contributed by atoms with E-state index < -0.39 is 6.43 Å². The van der Waals surface area contributed by atoms with E-state index in [1.54, 1.807) is 0 Å². The van der Waals surface area contributed by atoms with Gasteiger partial charge in [0.1, 0.15) is 5.69 Å². The van der Waals surface area contributed by atoms with Crippen LogP contribution in [0.25, 0.3) is 0 Å². The maximum absolute atomic E-state index is 12.6. The molecule has 84 valence electrons. The fourth-order valence-electron chi connectivity index (χ4n) is 1.22.